The summed E-state index contributed by atoms with van der Waals surface area (Å²) in [5, 5.41) is 5.96. The molecule has 0 radical (unpaired) electrons. The van der Waals surface area contributed by atoms with Crippen molar-refractivity contribution >= 4 is 28.8 Å². The number of aryl methyl sites for hydroxylation is 5. The number of benzene rings is 3. The fraction of sp³-hybridized carbons (Fsp3) is 0.207. The van der Waals surface area contributed by atoms with E-state index in [1.807, 2.05) is 0 Å². The van der Waals surface area contributed by atoms with Crippen molar-refractivity contribution < 1.29 is 58.9 Å². The summed E-state index contributed by atoms with van der Waals surface area (Å²) in [6.07, 6.45) is 0. The van der Waals surface area contributed by atoms with E-state index in [1.165, 1.54) is 48.9 Å². The van der Waals surface area contributed by atoms with E-state index in [-0.39, 0.29) is 58.9 Å². The molecule has 0 amide bonds. The predicted octanol–water partition coefficient (Wildman–Crippen LogP) is -4.36. The molecule has 0 heterocycles. The first-order chi connectivity index (χ1) is 14.3. The first-order valence-electron chi connectivity index (χ1n) is 10.8. The minimum Gasteiger partial charge on any atom is -1.00 e. The van der Waals surface area contributed by atoms with Crippen LogP contribution in [0.3, 0.4) is 0 Å². The predicted molar refractivity (Wildman–Crippen MR) is 134 cm³/mol. The Morgan fingerprint density at radius 3 is 1.15 bits per heavy atom. The van der Waals surface area contributed by atoms with Gasteiger partial charge in [-0.05, 0) is 20.8 Å². The second-order valence-electron chi connectivity index (χ2n) is 8.87. The Bertz CT molecular complexity index is 1120. The Morgan fingerprint density at radius 2 is 0.882 bits per heavy atom. The van der Waals surface area contributed by atoms with Gasteiger partial charge in [-0.2, -0.15) is 16.7 Å². The van der Waals surface area contributed by atoms with E-state index in [0.29, 0.717) is 0 Å². The first-order valence-corrected chi connectivity index (χ1v) is 12.8. The monoisotopic (exact) mass is 560 g/mol. The van der Waals surface area contributed by atoms with Crippen LogP contribution >= 0.6 is 0 Å². The zero-order chi connectivity index (χ0) is 21.5. The van der Waals surface area contributed by atoms with Crippen LogP contribution in [0.1, 0.15) is 33.4 Å². The van der Waals surface area contributed by atoms with E-state index in [9.17, 15) is 0 Å². The van der Waals surface area contributed by atoms with E-state index in [0.717, 1.165) is 0 Å². The van der Waals surface area contributed by atoms with Gasteiger partial charge in [0, 0.05) is 0 Å². The van der Waals surface area contributed by atoms with E-state index < -0.39 is 8.07 Å². The van der Waals surface area contributed by atoms with Gasteiger partial charge in [0.05, 0.1) is 0 Å². The molecule has 5 heteroatoms. The Morgan fingerprint density at radius 1 is 0.529 bits per heavy atom. The maximum atomic E-state index is 2.43. The fourth-order valence-electron chi connectivity index (χ4n) is 5.14. The molecule has 0 N–H and O–H groups in total. The molecule has 0 spiro atoms. The SMILES string of the molecule is Cc1cccc([Si](c2cccc(C)c2)(c2cccc(C)c2)[c-]2c(C)cc(C)c2C)c1.[Cl-].[Cl-].[Cl-].[Ti+4]. The van der Waals surface area contributed by atoms with Gasteiger partial charge >= 0.3 is 21.7 Å². The van der Waals surface area contributed by atoms with Crippen LogP contribution in [0.15, 0.2) is 78.9 Å². The third-order valence-electron chi connectivity index (χ3n) is 6.52. The molecule has 0 bridgehead atoms. The molecule has 4 rings (SSSR count). The molecule has 0 nitrogen and oxygen atoms in total. The summed E-state index contributed by atoms with van der Waals surface area (Å²) in [5.41, 5.74) is 8.23. The molecule has 4 aromatic rings. The van der Waals surface area contributed by atoms with Crippen molar-refractivity contribution in [3.8, 4) is 0 Å². The minimum absolute atomic E-state index is 0. The van der Waals surface area contributed by atoms with E-state index >= 15 is 0 Å². The first kappa shape index (κ1) is 32.8. The normalized spacial score (nSPS) is 10.3. The van der Waals surface area contributed by atoms with Crippen LogP contribution in [0.2, 0.25) is 0 Å². The largest absolute Gasteiger partial charge is 4.00 e. The summed E-state index contributed by atoms with van der Waals surface area (Å²) < 4.78 is 0. The Hall–Kier alpha value is -1.19. The summed E-state index contributed by atoms with van der Waals surface area (Å²) in [6.45, 7) is 13.5. The third kappa shape index (κ3) is 5.78. The van der Waals surface area contributed by atoms with Crippen LogP contribution in [0.25, 0.3) is 0 Å². The number of hydrogen-bond acceptors (Lipinski definition) is 0. The van der Waals surface area contributed by atoms with Crippen molar-refractivity contribution in [2.24, 2.45) is 0 Å². The van der Waals surface area contributed by atoms with Crippen molar-refractivity contribution in [2.45, 2.75) is 41.5 Å². The van der Waals surface area contributed by atoms with Crippen LogP contribution < -0.4 is 58.0 Å². The van der Waals surface area contributed by atoms with Gasteiger partial charge in [0.15, 0.2) is 0 Å². The van der Waals surface area contributed by atoms with E-state index in [2.05, 4.69) is 120 Å². The van der Waals surface area contributed by atoms with Crippen LogP contribution in [0.4, 0.5) is 0 Å². The van der Waals surface area contributed by atoms with Crippen molar-refractivity contribution in [3.05, 3.63) is 112 Å². The van der Waals surface area contributed by atoms with Crippen LogP contribution in [0, 0.1) is 41.5 Å². The van der Waals surface area contributed by atoms with Gasteiger partial charge in [-0.15, -0.1) is 5.19 Å². The standard InChI is InChI=1S/C29H31Si.3ClH.Ti/c1-20-10-7-13-26(16-20)30(27-14-8-11-21(2)17-27,28-15-9-12-22(3)18-28)29-24(5)19-23(4)25(29)6;;;;/h7-19H,1-6H3;3*1H;/q-1;;;;+4/p-3. The third-order valence-corrected chi connectivity index (χ3v) is 11.6. The molecular weight excluding hydrogens is 531 g/mol. The van der Waals surface area contributed by atoms with E-state index in [4.69, 9.17) is 0 Å². The molecule has 0 aliphatic heterocycles. The van der Waals surface area contributed by atoms with E-state index in [1.54, 1.807) is 5.19 Å². The average molecular weight is 562 g/mol. The summed E-state index contributed by atoms with van der Waals surface area (Å²) in [4.78, 5) is 0. The Labute approximate surface area is 240 Å². The molecule has 0 saturated carbocycles. The topological polar surface area (TPSA) is 0 Å². The maximum absolute atomic E-state index is 2.46. The van der Waals surface area contributed by atoms with Crippen molar-refractivity contribution in [1.29, 1.82) is 0 Å². The molecule has 0 atom stereocenters. The summed E-state index contributed by atoms with van der Waals surface area (Å²) in [6, 6.07) is 30.1. The minimum atomic E-state index is -2.46. The molecule has 4 aromatic carbocycles. The molecular formula is C29H31Cl3SiTi. The summed E-state index contributed by atoms with van der Waals surface area (Å²) in [5.74, 6) is 0. The zero-order valence-electron chi connectivity index (χ0n) is 20.6. The van der Waals surface area contributed by atoms with Gasteiger partial charge in [-0.1, -0.05) is 126 Å². The van der Waals surface area contributed by atoms with Gasteiger partial charge < -0.3 is 37.2 Å². The quantitative estimate of drug-likeness (QED) is 0.134. The average Bonchev–Trinajstić information content (AvgIpc) is 2.96. The molecule has 0 aliphatic rings. The van der Waals surface area contributed by atoms with Gasteiger partial charge in [-0.3, -0.25) is 0 Å². The second kappa shape index (κ2) is 13.2. The molecule has 34 heavy (non-hydrogen) atoms. The zero-order valence-corrected chi connectivity index (χ0v) is 25.5. The molecule has 176 valence electrons. The smallest absolute Gasteiger partial charge is 1.00 e. The number of hydrogen-bond donors (Lipinski definition) is 0. The van der Waals surface area contributed by atoms with Crippen molar-refractivity contribution in [1.82, 2.24) is 0 Å². The van der Waals surface area contributed by atoms with Crippen LogP contribution in [-0.2, 0) is 21.7 Å². The summed E-state index contributed by atoms with van der Waals surface area (Å²) >= 11 is 0. The van der Waals surface area contributed by atoms with Crippen LogP contribution in [-0.4, -0.2) is 8.07 Å². The molecule has 0 fully saturated rings. The number of halogens is 3. The second-order valence-corrected chi connectivity index (χ2v) is 12.6. The van der Waals surface area contributed by atoms with Crippen molar-refractivity contribution in [2.75, 3.05) is 0 Å². The van der Waals surface area contributed by atoms with Gasteiger partial charge in [0.1, 0.15) is 8.07 Å². The molecule has 0 aliphatic carbocycles. The van der Waals surface area contributed by atoms with Gasteiger partial charge in [0.25, 0.3) is 0 Å². The Kier molecular flexibility index (Phi) is 12.7. The maximum Gasteiger partial charge on any atom is 4.00 e. The van der Waals surface area contributed by atoms with Gasteiger partial charge in [-0.25, -0.2) is 6.07 Å². The number of rotatable bonds is 4. The van der Waals surface area contributed by atoms with Crippen molar-refractivity contribution in [3.63, 3.8) is 0 Å². The summed E-state index contributed by atoms with van der Waals surface area (Å²) in [7, 11) is -2.46. The van der Waals surface area contributed by atoms with Crippen LogP contribution in [0.5, 0.6) is 0 Å². The molecule has 0 unspecified atom stereocenters. The van der Waals surface area contributed by atoms with Gasteiger partial charge in [0.2, 0.25) is 0 Å². The fourth-order valence-corrected chi connectivity index (χ4v) is 10.8. The Balaban J connectivity index is 0.00000272. The molecule has 0 aromatic heterocycles. The molecule has 0 saturated heterocycles.